The summed E-state index contributed by atoms with van der Waals surface area (Å²) in [6, 6.07) is 0. The van der Waals surface area contributed by atoms with Gasteiger partial charge in [-0.15, -0.1) is 0 Å². The van der Waals surface area contributed by atoms with Crippen molar-refractivity contribution in [1.29, 1.82) is 0 Å². The van der Waals surface area contributed by atoms with Gasteiger partial charge in [0.25, 0.3) is 0 Å². The molecule has 4 unspecified atom stereocenters. The van der Waals surface area contributed by atoms with Gasteiger partial charge in [0.1, 0.15) is 0 Å². The third kappa shape index (κ3) is 0.389. The molecule has 4 rings (SSSR count). The minimum Gasteiger partial charge on any atom is -0.0667 e. The van der Waals surface area contributed by atoms with Crippen molar-refractivity contribution in [2.45, 2.75) is 32.1 Å². The lowest BCUT2D eigenvalue weighted by Gasteiger charge is -2.64. The van der Waals surface area contributed by atoms with E-state index in [0.717, 1.165) is 17.8 Å². The molecule has 0 spiro atoms. The quantitative estimate of drug-likeness (QED) is 0.461. The van der Waals surface area contributed by atoms with Crippen molar-refractivity contribution in [2.24, 2.45) is 23.7 Å². The lowest BCUT2D eigenvalue weighted by molar-refractivity contribution is -0.00247. The van der Waals surface area contributed by atoms with Gasteiger partial charge in [-0.1, -0.05) is 11.1 Å². The zero-order valence-corrected chi connectivity index (χ0v) is 6.84. The summed E-state index contributed by atoms with van der Waals surface area (Å²) < 4.78 is 0. The molecule has 0 aromatic rings. The molecule has 0 saturated heterocycles. The Hall–Kier alpha value is -0.260. The highest BCUT2D eigenvalue weighted by molar-refractivity contribution is 5.46. The SMILES string of the molecule is C1CC2=C3C4CCC4C3C2C1. The summed E-state index contributed by atoms with van der Waals surface area (Å²) in [6.07, 6.45) is 7.67. The average Bonchev–Trinajstić information content (AvgIpc) is 2.36. The number of hydrogen-bond donors (Lipinski definition) is 0. The fraction of sp³-hybridized carbons (Fsp3) is 0.818. The van der Waals surface area contributed by atoms with Crippen LogP contribution in [0.3, 0.4) is 0 Å². The molecule has 0 heteroatoms. The first kappa shape index (κ1) is 5.40. The maximum Gasteiger partial charge on any atom is -0.00977 e. The summed E-state index contributed by atoms with van der Waals surface area (Å²) in [4.78, 5) is 0. The summed E-state index contributed by atoms with van der Waals surface area (Å²) in [5, 5.41) is 0. The van der Waals surface area contributed by atoms with Gasteiger partial charge in [0.05, 0.1) is 0 Å². The second kappa shape index (κ2) is 1.44. The predicted molar refractivity (Wildman–Crippen MR) is 44.1 cm³/mol. The van der Waals surface area contributed by atoms with E-state index >= 15 is 0 Å². The number of fused-ring (bicyclic) bond motifs is 6. The van der Waals surface area contributed by atoms with Crippen LogP contribution in [-0.4, -0.2) is 0 Å². The first-order chi connectivity index (χ1) is 5.47. The van der Waals surface area contributed by atoms with E-state index in [1.165, 1.54) is 18.8 Å². The summed E-state index contributed by atoms with van der Waals surface area (Å²) >= 11 is 0. The summed E-state index contributed by atoms with van der Waals surface area (Å²) in [5.41, 5.74) is 3.92. The number of allylic oxidation sites excluding steroid dienone is 2. The normalized spacial score (nSPS) is 56.7. The fourth-order valence-electron chi connectivity index (χ4n) is 4.20. The van der Waals surface area contributed by atoms with Gasteiger partial charge in [-0.2, -0.15) is 0 Å². The van der Waals surface area contributed by atoms with Crippen LogP contribution in [0, 0.1) is 23.7 Å². The van der Waals surface area contributed by atoms with Gasteiger partial charge in [0.2, 0.25) is 0 Å². The molecular weight excluding hydrogens is 132 g/mol. The minimum absolute atomic E-state index is 1.12. The van der Waals surface area contributed by atoms with E-state index in [-0.39, 0.29) is 0 Å². The molecule has 58 valence electrons. The van der Waals surface area contributed by atoms with Crippen LogP contribution in [0.15, 0.2) is 11.1 Å². The fourth-order valence-corrected chi connectivity index (χ4v) is 4.20. The van der Waals surface area contributed by atoms with Crippen LogP contribution in [-0.2, 0) is 0 Å². The highest BCUT2D eigenvalue weighted by Crippen LogP contribution is 2.71. The van der Waals surface area contributed by atoms with Crippen LogP contribution >= 0.6 is 0 Å². The van der Waals surface area contributed by atoms with E-state index in [1.807, 2.05) is 11.1 Å². The Bertz CT molecular complexity index is 261. The Kier molecular flexibility index (Phi) is 0.706. The Morgan fingerprint density at radius 2 is 2.00 bits per heavy atom. The van der Waals surface area contributed by atoms with E-state index < -0.39 is 0 Å². The van der Waals surface area contributed by atoms with Gasteiger partial charge in [0.15, 0.2) is 0 Å². The van der Waals surface area contributed by atoms with Crippen LogP contribution in [0.5, 0.6) is 0 Å². The van der Waals surface area contributed by atoms with Crippen molar-refractivity contribution >= 4 is 0 Å². The lowest BCUT2D eigenvalue weighted by atomic mass is 9.40. The second-order valence-electron chi connectivity index (χ2n) is 4.85. The third-order valence-electron chi connectivity index (χ3n) is 4.76. The highest BCUT2D eigenvalue weighted by Gasteiger charge is 2.61. The average molecular weight is 146 g/mol. The van der Waals surface area contributed by atoms with Crippen molar-refractivity contribution in [3.8, 4) is 0 Å². The molecule has 0 N–H and O–H groups in total. The van der Waals surface area contributed by atoms with Crippen molar-refractivity contribution in [3.63, 3.8) is 0 Å². The molecule has 0 aromatic heterocycles. The zero-order chi connectivity index (χ0) is 7.00. The molecule has 11 heavy (non-hydrogen) atoms. The Morgan fingerprint density at radius 1 is 1.00 bits per heavy atom. The van der Waals surface area contributed by atoms with Gasteiger partial charge in [0, 0.05) is 0 Å². The molecule has 3 saturated carbocycles. The molecule has 0 heterocycles. The lowest BCUT2D eigenvalue weighted by Crippen LogP contribution is -2.56. The molecule has 0 amide bonds. The Morgan fingerprint density at radius 3 is 2.82 bits per heavy atom. The third-order valence-corrected chi connectivity index (χ3v) is 4.76. The van der Waals surface area contributed by atoms with Crippen LogP contribution in [0.4, 0.5) is 0 Å². The maximum atomic E-state index is 1.98. The molecular formula is C11H14. The van der Waals surface area contributed by atoms with E-state index in [0.29, 0.717) is 0 Å². The van der Waals surface area contributed by atoms with E-state index in [4.69, 9.17) is 0 Å². The first-order valence-corrected chi connectivity index (χ1v) is 5.19. The standard InChI is InChI=1S/C11H14/c1-2-6-7(3-1)11-9-5-4-8(9)10(6)11/h6,8-10H,1-5H2. The molecule has 0 nitrogen and oxygen atoms in total. The van der Waals surface area contributed by atoms with Gasteiger partial charge < -0.3 is 0 Å². The molecule has 4 aliphatic rings. The molecule has 4 aliphatic carbocycles. The van der Waals surface area contributed by atoms with Crippen LogP contribution in [0.25, 0.3) is 0 Å². The van der Waals surface area contributed by atoms with Crippen molar-refractivity contribution < 1.29 is 0 Å². The predicted octanol–water partition coefficient (Wildman–Crippen LogP) is 2.75. The van der Waals surface area contributed by atoms with Crippen molar-refractivity contribution in [3.05, 3.63) is 11.1 Å². The highest BCUT2D eigenvalue weighted by atomic mass is 14.7. The molecule has 0 aromatic carbocycles. The number of rotatable bonds is 0. The number of hydrogen-bond acceptors (Lipinski definition) is 0. The topological polar surface area (TPSA) is 0 Å². The van der Waals surface area contributed by atoms with Crippen LogP contribution in [0.1, 0.15) is 32.1 Å². The minimum atomic E-state index is 1.12. The molecule has 3 fully saturated rings. The van der Waals surface area contributed by atoms with Gasteiger partial charge in [-0.05, 0) is 55.8 Å². The summed E-state index contributed by atoms with van der Waals surface area (Å²) in [7, 11) is 0. The van der Waals surface area contributed by atoms with Crippen molar-refractivity contribution in [2.75, 3.05) is 0 Å². The largest absolute Gasteiger partial charge is 0.0667 e. The molecule has 0 bridgehead atoms. The van der Waals surface area contributed by atoms with Crippen LogP contribution in [0.2, 0.25) is 0 Å². The van der Waals surface area contributed by atoms with Crippen LogP contribution < -0.4 is 0 Å². The summed E-state index contributed by atoms with van der Waals surface area (Å²) in [6.45, 7) is 0. The smallest absolute Gasteiger partial charge is 0.00977 e. The van der Waals surface area contributed by atoms with Crippen molar-refractivity contribution in [1.82, 2.24) is 0 Å². The van der Waals surface area contributed by atoms with E-state index in [2.05, 4.69) is 0 Å². The molecule has 0 aliphatic heterocycles. The summed E-state index contributed by atoms with van der Waals surface area (Å²) in [5.74, 6) is 4.58. The Balaban J connectivity index is 1.82. The Labute approximate surface area is 67.7 Å². The zero-order valence-electron chi connectivity index (χ0n) is 6.84. The maximum absolute atomic E-state index is 1.98. The monoisotopic (exact) mass is 146 g/mol. The first-order valence-electron chi connectivity index (χ1n) is 5.19. The van der Waals surface area contributed by atoms with Gasteiger partial charge >= 0.3 is 0 Å². The molecule has 0 radical (unpaired) electrons. The van der Waals surface area contributed by atoms with E-state index in [9.17, 15) is 0 Å². The van der Waals surface area contributed by atoms with E-state index in [1.54, 1.807) is 19.3 Å². The molecule has 4 atom stereocenters. The van der Waals surface area contributed by atoms with Gasteiger partial charge in [-0.3, -0.25) is 0 Å². The van der Waals surface area contributed by atoms with Gasteiger partial charge in [-0.25, -0.2) is 0 Å². The second-order valence-corrected chi connectivity index (χ2v) is 4.85.